The van der Waals surface area contributed by atoms with E-state index in [1.165, 1.54) is 18.2 Å². The lowest BCUT2D eigenvalue weighted by Gasteiger charge is -2.36. The SMILES string of the molecule is CCOc1cc(C(=O)N2CCN(c3ccccc3Cl)CC2)ccc1OC(F)F. The minimum Gasteiger partial charge on any atom is -0.490 e. The second-order valence-corrected chi connectivity index (χ2v) is 6.61. The second-order valence-electron chi connectivity index (χ2n) is 6.20. The van der Waals surface area contributed by atoms with E-state index in [2.05, 4.69) is 9.64 Å². The molecule has 1 aliphatic rings. The zero-order valence-corrected chi connectivity index (χ0v) is 16.2. The summed E-state index contributed by atoms with van der Waals surface area (Å²) < 4.78 is 34.9. The number of piperazine rings is 1. The highest BCUT2D eigenvalue weighted by Crippen LogP contribution is 2.31. The molecule has 28 heavy (non-hydrogen) atoms. The van der Waals surface area contributed by atoms with Crippen LogP contribution in [0.1, 0.15) is 17.3 Å². The van der Waals surface area contributed by atoms with Crippen molar-refractivity contribution in [3.8, 4) is 11.5 Å². The maximum absolute atomic E-state index is 12.8. The van der Waals surface area contributed by atoms with Crippen LogP contribution in [0.4, 0.5) is 14.5 Å². The van der Waals surface area contributed by atoms with Gasteiger partial charge in [0, 0.05) is 31.7 Å². The smallest absolute Gasteiger partial charge is 0.387 e. The molecule has 0 radical (unpaired) electrons. The Hall–Kier alpha value is -2.54. The molecule has 0 spiro atoms. The summed E-state index contributed by atoms with van der Waals surface area (Å²) in [6, 6.07) is 11.9. The molecule has 2 aromatic carbocycles. The second kappa shape index (κ2) is 9.10. The van der Waals surface area contributed by atoms with Gasteiger partial charge in [0.2, 0.25) is 0 Å². The van der Waals surface area contributed by atoms with E-state index in [0.29, 0.717) is 36.8 Å². The van der Waals surface area contributed by atoms with Gasteiger partial charge >= 0.3 is 6.61 Å². The standard InChI is InChI=1S/C20H21ClF2N2O3/c1-2-27-18-13-14(7-8-17(18)28-20(22)23)19(26)25-11-9-24(10-12-25)16-6-4-3-5-15(16)21/h3-8,13,20H,2,9-12H2,1H3. The number of amides is 1. The first-order valence-corrected chi connectivity index (χ1v) is 9.37. The fourth-order valence-corrected chi connectivity index (χ4v) is 3.40. The Morgan fingerprint density at radius 2 is 1.82 bits per heavy atom. The van der Waals surface area contributed by atoms with Crippen molar-refractivity contribution in [3.63, 3.8) is 0 Å². The number of nitrogens with zero attached hydrogens (tertiary/aromatic N) is 2. The largest absolute Gasteiger partial charge is 0.490 e. The predicted octanol–water partition coefficient (Wildman–Crippen LogP) is 4.30. The fraction of sp³-hybridized carbons (Fsp3) is 0.350. The van der Waals surface area contributed by atoms with Crippen LogP contribution in [0.5, 0.6) is 11.5 Å². The third-order valence-electron chi connectivity index (χ3n) is 4.47. The molecule has 1 aliphatic heterocycles. The Balaban J connectivity index is 1.69. The number of carbonyl (C=O) groups is 1. The summed E-state index contributed by atoms with van der Waals surface area (Å²) in [5.41, 5.74) is 1.32. The van der Waals surface area contributed by atoms with Gasteiger partial charge < -0.3 is 19.3 Å². The van der Waals surface area contributed by atoms with Gasteiger partial charge in [0.25, 0.3) is 5.91 Å². The van der Waals surface area contributed by atoms with Crippen LogP contribution < -0.4 is 14.4 Å². The maximum atomic E-state index is 12.8. The first-order chi connectivity index (χ1) is 13.5. The molecule has 0 aromatic heterocycles. The molecule has 0 atom stereocenters. The third kappa shape index (κ3) is 4.65. The van der Waals surface area contributed by atoms with Crippen molar-refractivity contribution >= 4 is 23.2 Å². The number of para-hydroxylation sites is 1. The van der Waals surface area contributed by atoms with Crippen LogP contribution in [0, 0.1) is 0 Å². The van der Waals surface area contributed by atoms with Crippen LogP contribution in [0.15, 0.2) is 42.5 Å². The number of hydrogen-bond acceptors (Lipinski definition) is 4. The Labute approximate surface area is 167 Å². The molecule has 150 valence electrons. The average molecular weight is 411 g/mol. The van der Waals surface area contributed by atoms with Gasteiger partial charge in [-0.15, -0.1) is 0 Å². The quantitative estimate of drug-likeness (QED) is 0.712. The number of ether oxygens (including phenoxy) is 2. The van der Waals surface area contributed by atoms with Gasteiger partial charge in [-0.1, -0.05) is 23.7 Å². The molecule has 0 saturated carbocycles. The van der Waals surface area contributed by atoms with Crippen LogP contribution in [0.3, 0.4) is 0 Å². The van der Waals surface area contributed by atoms with Gasteiger partial charge in [-0.3, -0.25) is 4.79 Å². The molecule has 8 heteroatoms. The van der Waals surface area contributed by atoms with Gasteiger partial charge in [-0.2, -0.15) is 8.78 Å². The first kappa shape index (κ1) is 20.2. The zero-order chi connectivity index (χ0) is 20.1. The van der Waals surface area contributed by atoms with E-state index in [1.807, 2.05) is 24.3 Å². The summed E-state index contributed by atoms with van der Waals surface area (Å²) >= 11 is 6.25. The van der Waals surface area contributed by atoms with Crippen molar-refractivity contribution in [2.24, 2.45) is 0 Å². The number of hydrogen-bond donors (Lipinski definition) is 0. The van der Waals surface area contributed by atoms with Gasteiger partial charge in [0.15, 0.2) is 11.5 Å². The summed E-state index contributed by atoms with van der Waals surface area (Å²) in [7, 11) is 0. The summed E-state index contributed by atoms with van der Waals surface area (Å²) in [6.45, 7) is 1.41. The predicted molar refractivity (Wildman–Crippen MR) is 104 cm³/mol. The lowest BCUT2D eigenvalue weighted by molar-refractivity contribution is -0.0514. The molecule has 1 fully saturated rings. The van der Waals surface area contributed by atoms with E-state index >= 15 is 0 Å². The molecule has 2 aromatic rings. The molecule has 1 saturated heterocycles. The van der Waals surface area contributed by atoms with Crippen LogP contribution in [-0.2, 0) is 0 Å². The van der Waals surface area contributed by atoms with E-state index < -0.39 is 6.61 Å². The molecule has 5 nitrogen and oxygen atoms in total. The summed E-state index contributed by atoms with van der Waals surface area (Å²) in [5, 5.41) is 0.679. The molecular formula is C20H21ClF2N2O3. The Kier molecular flexibility index (Phi) is 6.57. The minimum absolute atomic E-state index is 0.0862. The van der Waals surface area contributed by atoms with Crippen molar-refractivity contribution in [2.45, 2.75) is 13.5 Å². The van der Waals surface area contributed by atoms with E-state index in [4.69, 9.17) is 16.3 Å². The summed E-state index contributed by atoms with van der Waals surface area (Å²) in [5.74, 6) is -0.136. The maximum Gasteiger partial charge on any atom is 0.387 e. The Morgan fingerprint density at radius 1 is 1.11 bits per heavy atom. The van der Waals surface area contributed by atoms with Crippen molar-refractivity contribution in [3.05, 3.63) is 53.1 Å². The number of anilines is 1. The van der Waals surface area contributed by atoms with Gasteiger partial charge in [0.1, 0.15) is 0 Å². The van der Waals surface area contributed by atoms with Crippen molar-refractivity contribution in [2.75, 3.05) is 37.7 Å². The number of halogens is 3. The average Bonchev–Trinajstić information content (AvgIpc) is 2.69. The zero-order valence-electron chi connectivity index (χ0n) is 15.4. The first-order valence-electron chi connectivity index (χ1n) is 9.00. The van der Waals surface area contributed by atoms with E-state index in [-0.39, 0.29) is 24.0 Å². The highest BCUT2D eigenvalue weighted by atomic mass is 35.5. The van der Waals surface area contributed by atoms with Crippen molar-refractivity contribution in [1.29, 1.82) is 0 Å². The summed E-state index contributed by atoms with van der Waals surface area (Å²) in [4.78, 5) is 16.7. The molecule has 0 bridgehead atoms. The van der Waals surface area contributed by atoms with Crippen LogP contribution in [0.25, 0.3) is 0 Å². The van der Waals surface area contributed by atoms with Crippen molar-refractivity contribution < 1.29 is 23.0 Å². The number of rotatable bonds is 6. The van der Waals surface area contributed by atoms with E-state index in [0.717, 1.165) is 5.69 Å². The van der Waals surface area contributed by atoms with Crippen LogP contribution >= 0.6 is 11.6 Å². The van der Waals surface area contributed by atoms with Crippen LogP contribution in [-0.4, -0.2) is 50.2 Å². The lowest BCUT2D eigenvalue weighted by atomic mass is 10.1. The Morgan fingerprint density at radius 3 is 2.46 bits per heavy atom. The number of carbonyl (C=O) groups excluding carboxylic acids is 1. The van der Waals surface area contributed by atoms with Gasteiger partial charge in [-0.05, 0) is 37.3 Å². The summed E-state index contributed by atoms with van der Waals surface area (Å²) in [6.07, 6.45) is 0. The van der Waals surface area contributed by atoms with Crippen LogP contribution in [0.2, 0.25) is 5.02 Å². The van der Waals surface area contributed by atoms with Crippen molar-refractivity contribution in [1.82, 2.24) is 4.90 Å². The van der Waals surface area contributed by atoms with E-state index in [9.17, 15) is 13.6 Å². The highest BCUT2D eigenvalue weighted by molar-refractivity contribution is 6.33. The lowest BCUT2D eigenvalue weighted by Crippen LogP contribution is -2.48. The molecule has 3 rings (SSSR count). The van der Waals surface area contributed by atoms with Gasteiger partial charge in [-0.25, -0.2) is 0 Å². The molecule has 0 unspecified atom stereocenters. The molecule has 0 N–H and O–H groups in total. The minimum atomic E-state index is -2.96. The molecule has 1 heterocycles. The third-order valence-corrected chi connectivity index (χ3v) is 4.79. The van der Waals surface area contributed by atoms with E-state index in [1.54, 1.807) is 11.8 Å². The molecule has 1 amide bonds. The molecular weight excluding hydrogens is 390 g/mol. The highest BCUT2D eigenvalue weighted by Gasteiger charge is 2.24. The van der Waals surface area contributed by atoms with Gasteiger partial charge in [0.05, 0.1) is 17.3 Å². The Bertz CT molecular complexity index is 827. The number of alkyl halides is 2. The normalized spacial score (nSPS) is 14.3. The molecule has 0 aliphatic carbocycles. The number of benzene rings is 2. The topological polar surface area (TPSA) is 42.0 Å². The monoisotopic (exact) mass is 410 g/mol. The fourth-order valence-electron chi connectivity index (χ4n) is 3.14.